The number of carbonyl (C=O) groups is 2. The number of likely N-dealkylation sites (tertiary alicyclic amines) is 1. The number of hydrogen-bond donors (Lipinski definition) is 0. The Hall–Kier alpha value is -1.14. The Labute approximate surface area is 394 Å². The van der Waals surface area contributed by atoms with Gasteiger partial charge in [-0.05, 0) is 109 Å². The summed E-state index contributed by atoms with van der Waals surface area (Å²) >= 11 is 0. The molecule has 0 spiro atoms. The van der Waals surface area contributed by atoms with E-state index in [-0.39, 0.29) is 11.9 Å². The largest absolute Gasteiger partial charge is 0.466 e. The maximum Gasteiger partial charge on any atom is 0.306 e. The maximum atomic E-state index is 12.6. The van der Waals surface area contributed by atoms with Crippen molar-refractivity contribution >= 4 is 11.9 Å². The van der Waals surface area contributed by atoms with Gasteiger partial charge < -0.3 is 19.1 Å². The molecule has 374 valence electrons. The Kier molecular flexibility index (Phi) is 43.7. The van der Waals surface area contributed by atoms with Gasteiger partial charge in [-0.2, -0.15) is 0 Å². The molecule has 0 bridgehead atoms. The average Bonchev–Trinajstić information content (AvgIpc) is 3.26. The zero-order valence-corrected chi connectivity index (χ0v) is 43.3. The van der Waals surface area contributed by atoms with E-state index in [2.05, 4.69) is 39.6 Å². The van der Waals surface area contributed by atoms with Gasteiger partial charge in [0.25, 0.3) is 0 Å². The van der Waals surface area contributed by atoms with Crippen LogP contribution in [0, 0.1) is 17.8 Å². The van der Waals surface area contributed by atoms with Crippen LogP contribution in [0.3, 0.4) is 0 Å². The van der Waals surface area contributed by atoms with Crippen molar-refractivity contribution in [3.8, 4) is 0 Å². The molecule has 1 aliphatic heterocycles. The summed E-state index contributed by atoms with van der Waals surface area (Å²) in [6, 6.07) is 0. The van der Waals surface area contributed by atoms with E-state index >= 15 is 0 Å². The van der Waals surface area contributed by atoms with E-state index in [4.69, 9.17) is 14.2 Å². The Bertz CT molecular complexity index is 896. The highest BCUT2D eigenvalue weighted by Gasteiger charge is 2.17. The Morgan fingerprint density at radius 2 is 0.841 bits per heavy atom. The number of esters is 2. The number of ether oxygens (including phenoxy) is 3. The number of unbranched alkanes of at least 4 members (excludes halogenated alkanes) is 21. The second-order valence-electron chi connectivity index (χ2n) is 20.5. The minimum atomic E-state index is 0.0356. The zero-order valence-electron chi connectivity index (χ0n) is 43.3. The van der Waals surface area contributed by atoms with Crippen LogP contribution >= 0.6 is 0 Å². The molecule has 1 rings (SSSR count). The van der Waals surface area contributed by atoms with Crippen molar-refractivity contribution in [1.29, 1.82) is 0 Å². The van der Waals surface area contributed by atoms with Crippen molar-refractivity contribution in [1.82, 2.24) is 4.90 Å². The normalized spacial score (nSPS) is 15.1. The van der Waals surface area contributed by atoms with E-state index < -0.39 is 0 Å². The molecule has 0 aromatic carbocycles. The van der Waals surface area contributed by atoms with Gasteiger partial charge in [-0.1, -0.05) is 207 Å². The topological polar surface area (TPSA) is 65.1 Å². The van der Waals surface area contributed by atoms with Gasteiger partial charge >= 0.3 is 11.9 Å². The molecule has 1 fully saturated rings. The summed E-state index contributed by atoms with van der Waals surface area (Å²) in [6.45, 7) is 13.7. The molecule has 1 heterocycles. The van der Waals surface area contributed by atoms with E-state index in [1.807, 2.05) is 0 Å². The summed E-state index contributed by atoms with van der Waals surface area (Å²) < 4.78 is 18.0. The maximum absolute atomic E-state index is 12.6. The molecule has 0 aromatic heterocycles. The molecule has 6 heteroatoms. The second-order valence-corrected chi connectivity index (χ2v) is 20.5. The van der Waals surface area contributed by atoms with Crippen LogP contribution in [0.15, 0.2) is 0 Å². The lowest BCUT2D eigenvalue weighted by atomic mass is 9.91. The first-order chi connectivity index (χ1) is 30.9. The Morgan fingerprint density at radius 3 is 1.29 bits per heavy atom. The van der Waals surface area contributed by atoms with Gasteiger partial charge in [0.2, 0.25) is 0 Å². The molecular formula is C57H111NO5. The summed E-state index contributed by atoms with van der Waals surface area (Å²) in [6.07, 6.45) is 50.5. The van der Waals surface area contributed by atoms with Crippen LogP contribution in [0.2, 0.25) is 0 Å². The SMILES string of the molecule is CCCCCC(CCCCC)CC(=O)OCCCCCCCCCC(CCCCCCCCCOC(=O)CC(CCCCC)CCCCC)OCCCCC1CCCCN(C)CC1. The zero-order chi connectivity index (χ0) is 45.7. The molecule has 1 aliphatic rings. The van der Waals surface area contributed by atoms with Crippen molar-refractivity contribution < 1.29 is 23.8 Å². The molecule has 0 radical (unpaired) electrons. The Morgan fingerprint density at radius 1 is 0.444 bits per heavy atom. The molecule has 1 atom stereocenters. The number of hydrogen-bond acceptors (Lipinski definition) is 6. The minimum Gasteiger partial charge on any atom is -0.466 e. The molecule has 0 amide bonds. The fraction of sp³-hybridized carbons (Fsp3) is 0.965. The third kappa shape index (κ3) is 39.7. The summed E-state index contributed by atoms with van der Waals surface area (Å²) in [5.41, 5.74) is 0. The van der Waals surface area contributed by atoms with E-state index in [9.17, 15) is 9.59 Å². The van der Waals surface area contributed by atoms with Crippen molar-refractivity contribution in [2.45, 2.75) is 297 Å². The summed E-state index contributed by atoms with van der Waals surface area (Å²) in [5, 5.41) is 0. The van der Waals surface area contributed by atoms with Crippen LogP contribution in [-0.4, -0.2) is 62.9 Å². The predicted octanol–water partition coefficient (Wildman–Crippen LogP) is 17.3. The molecule has 0 saturated carbocycles. The molecule has 0 aromatic rings. The van der Waals surface area contributed by atoms with Gasteiger partial charge in [-0.15, -0.1) is 0 Å². The molecule has 1 saturated heterocycles. The summed E-state index contributed by atoms with van der Waals surface area (Å²) in [4.78, 5) is 27.7. The molecule has 0 aliphatic carbocycles. The van der Waals surface area contributed by atoms with Gasteiger partial charge in [-0.25, -0.2) is 0 Å². The average molecular weight is 891 g/mol. The summed E-state index contributed by atoms with van der Waals surface area (Å²) in [7, 11) is 2.29. The first-order valence-electron chi connectivity index (χ1n) is 28.5. The third-order valence-corrected chi connectivity index (χ3v) is 14.3. The van der Waals surface area contributed by atoms with Crippen LogP contribution in [0.5, 0.6) is 0 Å². The third-order valence-electron chi connectivity index (χ3n) is 14.3. The van der Waals surface area contributed by atoms with Crippen molar-refractivity contribution in [2.24, 2.45) is 17.8 Å². The van der Waals surface area contributed by atoms with Crippen LogP contribution in [0.4, 0.5) is 0 Å². The van der Waals surface area contributed by atoms with E-state index in [0.29, 0.717) is 44.0 Å². The standard InChI is InChI=1S/C57H111NO5/c1-6-10-24-38-53(39-25-11-7-2)50-56(59)62-48-33-22-18-14-16-20-28-42-55(61-47-35-31-37-52-36-30-32-45-58(5)46-44-52)43-29-21-17-15-19-23-34-49-63-57(60)51-54(40-26-12-8-3)41-27-13-9-4/h52-55H,6-51H2,1-5H3. The van der Waals surface area contributed by atoms with Gasteiger partial charge in [0.1, 0.15) is 0 Å². The van der Waals surface area contributed by atoms with E-state index in [0.717, 1.165) is 25.4 Å². The Balaban J connectivity index is 2.29. The monoisotopic (exact) mass is 890 g/mol. The lowest BCUT2D eigenvalue weighted by Gasteiger charge is -2.25. The lowest BCUT2D eigenvalue weighted by Crippen LogP contribution is -2.25. The van der Waals surface area contributed by atoms with Gasteiger partial charge in [0, 0.05) is 19.4 Å². The fourth-order valence-corrected chi connectivity index (χ4v) is 9.96. The number of rotatable bonds is 46. The molecule has 0 N–H and O–H groups in total. The molecule has 63 heavy (non-hydrogen) atoms. The number of carbonyl (C=O) groups excluding carboxylic acids is 2. The van der Waals surface area contributed by atoms with Crippen molar-refractivity contribution in [3.63, 3.8) is 0 Å². The number of nitrogens with zero attached hydrogens (tertiary/aromatic N) is 1. The fourth-order valence-electron chi connectivity index (χ4n) is 9.96. The van der Waals surface area contributed by atoms with Crippen molar-refractivity contribution in [2.75, 3.05) is 40.0 Å². The highest BCUT2D eigenvalue weighted by molar-refractivity contribution is 5.70. The van der Waals surface area contributed by atoms with Gasteiger partial charge in [0.05, 0.1) is 19.3 Å². The first-order valence-corrected chi connectivity index (χ1v) is 28.5. The van der Waals surface area contributed by atoms with Crippen molar-refractivity contribution in [3.05, 3.63) is 0 Å². The van der Waals surface area contributed by atoms with Crippen LogP contribution < -0.4 is 0 Å². The van der Waals surface area contributed by atoms with Gasteiger partial charge in [0.15, 0.2) is 0 Å². The van der Waals surface area contributed by atoms with Crippen LogP contribution in [-0.2, 0) is 23.8 Å². The summed E-state index contributed by atoms with van der Waals surface area (Å²) in [5.74, 6) is 2.00. The quantitative estimate of drug-likeness (QED) is 0.0448. The smallest absolute Gasteiger partial charge is 0.306 e. The highest BCUT2D eigenvalue weighted by Crippen LogP contribution is 2.25. The predicted molar refractivity (Wildman–Crippen MR) is 272 cm³/mol. The van der Waals surface area contributed by atoms with E-state index in [1.165, 1.54) is 251 Å². The highest BCUT2D eigenvalue weighted by atomic mass is 16.5. The van der Waals surface area contributed by atoms with Crippen LogP contribution in [0.25, 0.3) is 0 Å². The van der Waals surface area contributed by atoms with Gasteiger partial charge in [-0.3, -0.25) is 9.59 Å². The van der Waals surface area contributed by atoms with Crippen LogP contribution in [0.1, 0.15) is 291 Å². The molecule has 1 unspecified atom stereocenters. The second kappa shape index (κ2) is 46.0. The lowest BCUT2D eigenvalue weighted by molar-refractivity contribution is -0.146. The van der Waals surface area contributed by atoms with E-state index in [1.54, 1.807) is 0 Å². The minimum absolute atomic E-state index is 0.0356. The first kappa shape index (κ1) is 59.9. The molecular weight excluding hydrogens is 779 g/mol. The molecule has 6 nitrogen and oxygen atoms in total.